The molecule has 10 nitrogen and oxygen atoms in total. The fraction of sp³-hybridized carbons (Fsp3) is 0.647. The number of aromatic nitrogens is 1. The van der Waals surface area contributed by atoms with Crippen molar-refractivity contribution < 1.29 is 24.7 Å². The number of anilines is 1. The SMILES string of the molecule is O=C(O)N[C@@H]1CN(c2c([N+](=O)[O-])c[n+]([O-])c3c2CCC3)C[C@H](C2CC2)[C@H]1O. The lowest BCUT2D eigenvalue weighted by Gasteiger charge is -2.42. The number of nitrogens with zero attached hydrogens (tertiary/aromatic N) is 3. The maximum absolute atomic E-state index is 12.2. The third-order valence-electron chi connectivity index (χ3n) is 5.97. The maximum Gasteiger partial charge on any atom is 0.405 e. The predicted octanol–water partition coefficient (Wildman–Crippen LogP) is 0.560. The van der Waals surface area contributed by atoms with E-state index in [4.69, 9.17) is 5.11 Å². The molecule has 0 aromatic carbocycles. The molecule has 1 amide bonds. The smallest absolute Gasteiger partial charge is 0.405 e. The van der Waals surface area contributed by atoms with Gasteiger partial charge in [-0.3, -0.25) is 10.1 Å². The van der Waals surface area contributed by atoms with Gasteiger partial charge in [0.15, 0.2) is 5.69 Å². The van der Waals surface area contributed by atoms with Gasteiger partial charge in [0.1, 0.15) is 5.69 Å². The van der Waals surface area contributed by atoms with Gasteiger partial charge in [0.25, 0.3) is 6.20 Å². The number of aliphatic hydroxyl groups excluding tert-OH is 1. The number of amides is 1. The van der Waals surface area contributed by atoms with E-state index in [0.29, 0.717) is 47.0 Å². The Kier molecular flexibility index (Phi) is 4.29. The van der Waals surface area contributed by atoms with Crippen LogP contribution < -0.4 is 14.9 Å². The number of hydrogen-bond acceptors (Lipinski definition) is 6. The monoisotopic (exact) mass is 378 g/mol. The minimum absolute atomic E-state index is 0.132. The first-order valence-electron chi connectivity index (χ1n) is 9.21. The van der Waals surface area contributed by atoms with E-state index in [1.54, 1.807) is 4.90 Å². The van der Waals surface area contributed by atoms with Gasteiger partial charge in [0.05, 0.1) is 22.6 Å². The first kappa shape index (κ1) is 17.8. The summed E-state index contributed by atoms with van der Waals surface area (Å²) in [5.74, 6) is 0.132. The summed E-state index contributed by atoms with van der Waals surface area (Å²) in [6.45, 7) is 0.548. The molecule has 3 N–H and O–H groups in total. The first-order chi connectivity index (χ1) is 12.9. The summed E-state index contributed by atoms with van der Waals surface area (Å²) in [6, 6.07) is -0.738. The van der Waals surface area contributed by atoms with Crippen LogP contribution in [-0.2, 0) is 12.8 Å². The summed E-state index contributed by atoms with van der Waals surface area (Å²) in [4.78, 5) is 24.0. The van der Waals surface area contributed by atoms with E-state index < -0.39 is 23.2 Å². The van der Waals surface area contributed by atoms with Gasteiger partial charge in [-0.2, -0.15) is 4.73 Å². The van der Waals surface area contributed by atoms with Crippen molar-refractivity contribution in [2.24, 2.45) is 11.8 Å². The van der Waals surface area contributed by atoms with E-state index >= 15 is 0 Å². The highest BCUT2D eigenvalue weighted by atomic mass is 16.6. The quantitative estimate of drug-likeness (QED) is 0.301. The fourth-order valence-corrected chi connectivity index (χ4v) is 4.62. The molecular weight excluding hydrogens is 356 g/mol. The Labute approximate surface area is 155 Å². The third-order valence-corrected chi connectivity index (χ3v) is 5.97. The van der Waals surface area contributed by atoms with Crippen molar-refractivity contribution in [1.82, 2.24) is 5.32 Å². The maximum atomic E-state index is 12.2. The Bertz CT molecular complexity index is 796. The highest BCUT2D eigenvalue weighted by molar-refractivity contribution is 5.69. The highest BCUT2D eigenvalue weighted by Crippen LogP contribution is 2.44. The van der Waals surface area contributed by atoms with E-state index in [0.717, 1.165) is 25.5 Å². The van der Waals surface area contributed by atoms with Crippen molar-refractivity contribution in [3.8, 4) is 0 Å². The van der Waals surface area contributed by atoms with E-state index in [1.807, 2.05) is 0 Å². The zero-order valence-corrected chi connectivity index (χ0v) is 14.7. The molecule has 2 heterocycles. The molecule has 1 saturated carbocycles. The summed E-state index contributed by atoms with van der Waals surface area (Å²) < 4.78 is 0.591. The van der Waals surface area contributed by atoms with E-state index in [1.165, 1.54) is 0 Å². The Hall–Kier alpha value is -2.62. The summed E-state index contributed by atoms with van der Waals surface area (Å²) >= 11 is 0. The largest absolute Gasteiger partial charge is 0.618 e. The average Bonchev–Trinajstić information content (AvgIpc) is 3.32. The molecule has 0 unspecified atom stereocenters. The molecule has 0 spiro atoms. The molecule has 2 fully saturated rings. The number of carboxylic acid groups (broad SMARTS) is 1. The van der Waals surface area contributed by atoms with Crippen molar-refractivity contribution in [1.29, 1.82) is 0 Å². The van der Waals surface area contributed by atoms with E-state index in [-0.39, 0.29) is 18.2 Å². The van der Waals surface area contributed by atoms with Crippen LogP contribution in [0.3, 0.4) is 0 Å². The lowest BCUT2D eigenvalue weighted by Crippen LogP contribution is -2.60. The molecule has 1 saturated heterocycles. The second-order valence-corrected chi connectivity index (χ2v) is 7.68. The van der Waals surface area contributed by atoms with Gasteiger partial charge in [0, 0.05) is 25.4 Å². The van der Waals surface area contributed by atoms with Crippen LogP contribution in [0.2, 0.25) is 0 Å². The molecule has 4 rings (SSSR count). The van der Waals surface area contributed by atoms with Gasteiger partial charge in [0.2, 0.25) is 0 Å². The van der Waals surface area contributed by atoms with Gasteiger partial charge in [-0.1, -0.05) is 0 Å². The summed E-state index contributed by atoms with van der Waals surface area (Å²) in [6.07, 6.45) is 2.78. The Balaban J connectivity index is 1.76. The topological polar surface area (TPSA) is 143 Å². The van der Waals surface area contributed by atoms with Crippen molar-refractivity contribution in [2.75, 3.05) is 18.0 Å². The number of carbonyl (C=O) groups is 1. The Morgan fingerprint density at radius 1 is 1.33 bits per heavy atom. The van der Waals surface area contributed by atoms with E-state index in [2.05, 4.69) is 5.32 Å². The molecule has 27 heavy (non-hydrogen) atoms. The number of piperidine rings is 1. The van der Waals surface area contributed by atoms with Crippen molar-refractivity contribution in [2.45, 2.75) is 44.2 Å². The number of nitrogens with one attached hydrogen (secondary N) is 1. The van der Waals surface area contributed by atoms with Gasteiger partial charge in [-0.25, -0.2) is 4.79 Å². The molecule has 1 aliphatic heterocycles. The normalized spacial score (nSPS) is 27.3. The minimum atomic E-state index is -1.24. The molecule has 2 aliphatic carbocycles. The number of hydrogen-bond donors (Lipinski definition) is 3. The molecular formula is C17H22N4O6. The van der Waals surface area contributed by atoms with Crippen LogP contribution in [0.1, 0.15) is 30.5 Å². The standard InChI is InChI=1S/C17H22N4O6/c22-16-11(9-4-5-9)6-19(7-12(16)18-17(23)24)15-10-2-1-3-13(10)20(25)8-14(15)21(26)27/h8-9,11-12,16,18,22H,1-7H2,(H,23,24)/t11-,12-,16-/m1/s1. The van der Waals surface area contributed by atoms with Gasteiger partial charge < -0.3 is 25.6 Å². The zero-order valence-electron chi connectivity index (χ0n) is 14.7. The van der Waals surface area contributed by atoms with Crippen LogP contribution in [0.5, 0.6) is 0 Å². The lowest BCUT2D eigenvalue weighted by molar-refractivity contribution is -0.617. The molecule has 0 radical (unpaired) electrons. The Morgan fingerprint density at radius 3 is 2.70 bits per heavy atom. The summed E-state index contributed by atoms with van der Waals surface area (Å²) in [5, 5.41) is 45.9. The van der Waals surface area contributed by atoms with E-state index in [9.17, 15) is 25.2 Å². The second kappa shape index (κ2) is 6.52. The van der Waals surface area contributed by atoms with Gasteiger partial charge in [-0.15, -0.1) is 0 Å². The van der Waals surface area contributed by atoms with Crippen LogP contribution in [-0.4, -0.2) is 46.5 Å². The molecule has 146 valence electrons. The first-order valence-corrected chi connectivity index (χ1v) is 9.21. The minimum Gasteiger partial charge on any atom is -0.618 e. The van der Waals surface area contributed by atoms with Crippen molar-refractivity contribution in [3.63, 3.8) is 0 Å². The number of pyridine rings is 1. The number of nitro groups is 1. The van der Waals surface area contributed by atoms with Crippen molar-refractivity contribution >= 4 is 17.5 Å². The van der Waals surface area contributed by atoms with Crippen LogP contribution in [0.25, 0.3) is 0 Å². The van der Waals surface area contributed by atoms with Gasteiger partial charge >= 0.3 is 11.8 Å². The average molecular weight is 378 g/mol. The summed E-state index contributed by atoms with van der Waals surface area (Å²) in [5.41, 5.74) is 1.38. The van der Waals surface area contributed by atoms with Gasteiger partial charge in [-0.05, 0) is 31.6 Å². The molecule has 1 aromatic rings. The lowest BCUT2D eigenvalue weighted by atomic mass is 9.86. The number of aliphatic hydroxyl groups is 1. The number of fused-ring (bicyclic) bond motifs is 1. The zero-order chi connectivity index (χ0) is 19.3. The third kappa shape index (κ3) is 3.14. The Morgan fingerprint density at radius 2 is 2.07 bits per heavy atom. The molecule has 10 heteroatoms. The van der Waals surface area contributed by atoms with Crippen LogP contribution >= 0.6 is 0 Å². The highest BCUT2D eigenvalue weighted by Gasteiger charge is 2.46. The predicted molar refractivity (Wildman–Crippen MR) is 93.5 cm³/mol. The molecule has 1 aromatic heterocycles. The number of rotatable bonds is 4. The molecule has 3 aliphatic rings. The molecule has 3 atom stereocenters. The molecule has 0 bridgehead atoms. The van der Waals surface area contributed by atoms with Crippen molar-refractivity contribution in [3.05, 3.63) is 32.8 Å². The summed E-state index contributed by atoms with van der Waals surface area (Å²) in [7, 11) is 0. The van der Waals surface area contributed by atoms with Crippen LogP contribution in [0.15, 0.2) is 6.20 Å². The fourth-order valence-electron chi connectivity index (χ4n) is 4.62. The second-order valence-electron chi connectivity index (χ2n) is 7.68. The van der Waals surface area contributed by atoms with Crippen LogP contribution in [0.4, 0.5) is 16.2 Å². The van der Waals surface area contributed by atoms with Crippen LogP contribution in [0, 0.1) is 27.2 Å².